The van der Waals surface area contributed by atoms with E-state index in [1.807, 2.05) is 0 Å². The molecule has 7 nitrogen and oxygen atoms in total. The number of carbonyl (C=O) groups is 1. The molecule has 0 fully saturated rings. The van der Waals surface area contributed by atoms with Crippen LogP contribution in [-0.4, -0.2) is 30.7 Å². The van der Waals surface area contributed by atoms with E-state index in [0.29, 0.717) is 21.4 Å². The molecule has 9 heteroatoms. The molecule has 0 spiro atoms. The highest BCUT2D eigenvalue weighted by molar-refractivity contribution is 7.98. The van der Waals surface area contributed by atoms with E-state index in [0.717, 1.165) is 0 Å². The fraction of sp³-hybridized carbons (Fsp3) is 0.0833. The SMILES string of the molecule is O=C(O)c1ccc(SCc2cc(=O)n3ncsc3n2)nc1. The molecule has 0 aromatic carbocycles. The highest BCUT2D eigenvalue weighted by atomic mass is 32.2. The minimum atomic E-state index is -1.01. The van der Waals surface area contributed by atoms with E-state index in [1.165, 1.54) is 45.9 Å². The average molecular weight is 320 g/mol. The Labute approximate surface area is 126 Å². The molecule has 0 saturated heterocycles. The van der Waals surface area contributed by atoms with E-state index in [2.05, 4.69) is 15.1 Å². The van der Waals surface area contributed by atoms with Crippen LogP contribution >= 0.6 is 23.1 Å². The van der Waals surface area contributed by atoms with E-state index in [1.54, 1.807) is 11.6 Å². The minimum absolute atomic E-state index is 0.141. The van der Waals surface area contributed by atoms with Crippen LogP contribution in [0.1, 0.15) is 16.1 Å². The first-order chi connectivity index (χ1) is 10.1. The molecule has 0 saturated carbocycles. The van der Waals surface area contributed by atoms with Gasteiger partial charge < -0.3 is 5.11 Å². The molecule has 0 amide bonds. The van der Waals surface area contributed by atoms with Gasteiger partial charge in [-0.2, -0.15) is 9.61 Å². The van der Waals surface area contributed by atoms with Gasteiger partial charge in [0.2, 0.25) is 4.96 Å². The average Bonchev–Trinajstić information content (AvgIpc) is 2.94. The zero-order valence-electron chi connectivity index (χ0n) is 10.5. The van der Waals surface area contributed by atoms with Crippen LogP contribution in [0, 0.1) is 0 Å². The number of nitrogens with zero attached hydrogens (tertiary/aromatic N) is 4. The number of pyridine rings is 1. The van der Waals surface area contributed by atoms with Gasteiger partial charge in [0.05, 0.1) is 16.3 Å². The second-order valence-electron chi connectivity index (χ2n) is 4.00. The van der Waals surface area contributed by atoms with Gasteiger partial charge in [-0.25, -0.2) is 14.8 Å². The summed E-state index contributed by atoms with van der Waals surface area (Å²) in [6.45, 7) is 0. The third-order valence-corrected chi connectivity index (χ3v) is 4.24. The summed E-state index contributed by atoms with van der Waals surface area (Å²) in [6, 6.07) is 4.56. The van der Waals surface area contributed by atoms with Gasteiger partial charge in [0, 0.05) is 18.0 Å². The number of hydrogen-bond acceptors (Lipinski definition) is 7. The predicted octanol–water partition coefficient (Wildman–Crippen LogP) is 1.54. The van der Waals surface area contributed by atoms with Crippen molar-refractivity contribution in [1.82, 2.24) is 19.6 Å². The van der Waals surface area contributed by atoms with Crippen LogP contribution < -0.4 is 5.56 Å². The van der Waals surface area contributed by atoms with Crippen molar-refractivity contribution in [3.63, 3.8) is 0 Å². The Bertz CT molecular complexity index is 857. The molecule has 0 unspecified atom stereocenters. The quantitative estimate of drug-likeness (QED) is 0.728. The third-order valence-electron chi connectivity index (χ3n) is 2.59. The molecule has 0 atom stereocenters. The number of hydrogen-bond donors (Lipinski definition) is 1. The van der Waals surface area contributed by atoms with Gasteiger partial charge in [0.25, 0.3) is 5.56 Å². The molecule has 3 heterocycles. The highest BCUT2D eigenvalue weighted by Gasteiger charge is 2.07. The minimum Gasteiger partial charge on any atom is -0.478 e. The maximum Gasteiger partial charge on any atom is 0.337 e. The van der Waals surface area contributed by atoms with Crippen molar-refractivity contribution in [3.05, 3.63) is 51.5 Å². The molecule has 0 aliphatic heterocycles. The summed E-state index contributed by atoms with van der Waals surface area (Å²) in [5, 5.41) is 13.4. The number of thioether (sulfide) groups is 1. The molecule has 3 rings (SSSR count). The summed E-state index contributed by atoms with van der Waals surface area (Å²) in [4.78, 5) is 31.4. The Kier molecular flexibility index (Phi) is 3.67. The fourth-order valence-corrected chi connectivity index (χ4v) is 2.99. The first kappa shape index (κ1) is 13.7. The van der Waals surface area contributed by atoms with E-state index in [-0.39, 0.29) is 11.1 Å². The van der Waals surface area contributed by atoms with Crippen LogP contribution in [0.4, 0.5) is 0 Å². The third kappa shape index (κ3) is 2.93. The normalized spacial score (nSPS) is 10.9. The Morgan fingerprint density at radius 1 is 1.43 bits per heavy atom. The second kappa shape index (κ2) is 5.62. The lowest BCUT2D eigenvalue weighted by atomic mass is 10.3. The number of carboxylic acid groups (broad SMARTS) is 1. The number of aromatic carboxylic acids is 1. The number of carboxylic acids is 1. The molecule has 0 bridgehead atoms. The topological polar surface area (TPSA) is 97.5 Å². The number of fused-ring (bicyclic) bond motifs is 1. The van der Waals surface area contributed by atoms with Crippen molar-refractivity contribution in [1.29, 1.82) is 0 Å². The highest BCUT2D eigenvalue weighted by Crippen LogP contribution is 2.20. The smallest absolute Gasteiger partial charge is 0.337 e. The van der Waals surface area contributed by atoms with Crippen molar-refractivity contribution in [2.24, 2.45) is 0 Å². The van der Waals surface area contributed by atoms with Crippen molar-refractivity contribution < 1.29 is 9.90 Å². The van der Waals surface area contributed by atoms with Crippen LogP contribution in [-0.2, 0) is 5.75 Å². The monoisotopic (exact) mass is 320 g/mol. The van der Waals surface area contributed by atoms with Crippen molar-refractivity contribution in [3.8, 4) is 0 Å². The number of aromatic nitrogens is 4. The summed E-state index contributed by atoms with van der Waals surface area (Å²) < 4.78 is 1.25. The fourth-order valence-electron chi connectivity index (χ4n) is 1.61. The summed E-state index contributed by atoms with van der Waals surface area (Å²) >= 11 is 2.68. The Hall–Kier alpha value is -2.26. The van der Waals surface area contributed by atoms with Crippen molar-refractivity contribution in [2.75, 3.05) is 0 Å². The van der Waals surface area contributed by atoms with Gasteiger partial charge in [0.1, 0.15) is 5.51 Å². The van der Waals surface area contributed by atoms with E-state index < -0.39 is 5.97 Å². The predicted molar refractivity (Wildman–Crippen MR) is 77.9 cm³/mol. The van der Waals surface area contributed by atoms with Gasteiger partial charge in [-0.3, -0.25) is 4.79 Å². The standard InChI is InChI=1S/C12H8N4O3S2/c17-10-3-8(15-12-16(10)14-6-21-12)5-20-9-2-1-7(4-13-9)11(18)19/h1-4,6H,5H2,(H,18,19). The van der Waals surface area contributed by atoms with Gasteiger partial charge in [-0.05, 0) is 12.1 Å². The Morgan fingerprint density at radius 3 is 3.00 bits per heavy atom. The molecular formula is C12H8N4O3S2. The molecule has 3 aromatic rings. The van der Waals surface area contributed by atoms with Crippen molar-refractivity contribution in [2.45, 2.75) is 10.8 Å². The lowest BCUT2D eigenvalue weighted by molar-refractivity contribution is 0.0696. The van der Waals surface area contributed by atoms with Crippen molar-refractivity contribution >= 4 is 34.0 Å². The van der Waals surface area contributed by atoms with Crippen LogP contribution in [0.15, 0.2) is 39.7 Å². The zero-order valence-corrected chi connectivity index (χ0v) is 12.1. The summed E-state index contributed by atoms with van der Waals surface area (Å²) in [7, 11) is 0. The molecular weight excluding hydrogens is 312 g/mol. The molecule has 0 aliphatic rings. The summed E-state index contributed by atoms with van der Waals surface area (Å²) in [6.07, 6.45) is 1.30. The van der Waals surface area contributed by atoms with Gasteiger partial charge in [0.15, 0.2) is 0 Å². The molecule has 3 aromatic heterocycles. The van der Waals surface area contributed by atoms with Crippen LogP contribution in [0.25, 0.3) is 4.96 Å². The maximum atomic E-state index is 11.8. The van der Waals surface area contributed by atoms with Crippen LogP contribution in [0.5, 0.6) is 0 Å². The molecule has 1 N–H and O–H groups in total. The van der Waals surface area contributed by atoms with E-state index >= 15 is 0 Å². The summed E-state index contributed by atoms with van der Waals surface area (Å²) in [5.74, 6) is -0.535. The zero-order chi connectivity index (χ0) is 14.8. The van der Waals surface area contributed by atoms with E-state index in [9.17, 15) is 9.59 Å². The molecule has 0 aliphatic carbocycles. The van der Waals surface area contributed by atoms with Gasteiger partial charge in [-0.1, -0.05) is 11.3 Å². The van der Waals surface area contributed by atoms with E-state index in [4.69, 9.17) is 5.11 Å². The summed E-state index contributed by atoms with van der Waals surface area (Å²) in [5.41, 5.74) is 2.12. The van der Waals surface area contributed by atoms with Gasteiger partial charge in [-0.15, -0.1) is 11.8 Å². The van der Waals surface area contributed by atoms with Crippen LogP contribution in [0.3, 0.4) is 0 Å². The number of rotatable bonds is 4. The Morgan fingerprint density at radius 2 is 2.29 bits per heavy atom. The van der Waals surface area contributed by atoms with Crippen LogP contribution in [0.2, 0.25) is 0 Å². The largest absolute Gasteiger partial charge is 0.478 e. The molecule has 106 valence electrons. The lowest BCUT2D eigenvalue weighted by Crippen LogP contribution is -2.14. The Balaban J connectivity index is 1.76. The second-order valence-corrected chi connectivity index (χ2v) is 5.81. The first-order valence-corrected chi connectivity index (χ1v) is 7.64. The maximum absolute atomic E-state index is 11.8. The lowest BCUT2D eigenvalue weighted by Gasteiger charge is -2.01. The molecule has 21 heavy (non-hydrogen) atoms. The first-order valence-electron chi connectivity index (χ1n) is 5.78. The molecule has 0 radical (unpaired) electrons. The van der Waals surface area contributed by atoms with Gasteiger partial charge >= 0.3 is 5.97 Å².